The van der Waals surface area contributed by atoms with Gasteiger partial charge >= 0.3 is 0 Å². The van der Waals surface area contributed by atoms with Crippen molar-refractivity contribution in [2.24, 2.45) is 0 Å². The molecule has 18 heavy (non-hydrogen) atoms. The summed E-state index contributed by atoms with van der Waals surface area (Å²) in [7, 11) is 3.87. The average Bonchev–Trinajstić information content (AvgIpc) is 2.46. The Labute approximate surface area is 109 Å². The third-order valence-electron chi connectivity index (χ3n) is 3.88. The van der Waals surface area contributed by atoms with E-state index >= 15 is 0 Å². The second kappa shape index (κ2) is 5.88. The van der Waals surface area contributed by atoms with Crippen LogP contribution in [0.15, 0.2) is 24.3 Å². The number of ether oxygens (including phenoxy) is 1. The summed E-state index contributed by atoms with van der Waals surface area (Å²) in [5.74, 6) is 0. The van der Waals surface area contributed by atoms with E-state index in [0.29, 0.717) is 12.1 Å². The molecule has 0 saturated heterocycles. The van der Waals surface area contributed by atoms with Gasteiger partial charge in [0.1, 0.15) is 6.07 Å². The van der Waals surface area contributed by atoms with Crippen molar-refractivity contribution in [2.75, 3.05) is 19.1 Å². The van der Waals surface area contributed by atoms with Crippen LogP contribution in [0.5, 0.6) is 0 Å². The lowest BCUT2D eigenvalue weighted by Gasteiger charge is -2.36. The standard InChI is InChI=1S/C15H20N2O/c1-17(13-7-5-8-14(10-13)18-2)15-9-4-3-6-12(15)11-16/h3-4,6,9,13-14H,5,7-8,10H2,1-2H3. The number of nitriles is 1. The lowest BCUT2D eigenvalue weighted by Crippen LogP contribution is -2.38. The molecule has 2 atom stereocenters. The minimum Gasteiger partial charge on any atom is -0.381 e. The molecule has 0 radical (unpaired) electrons. The van der Waals surface area contributed by atoms with Crippen LogP contribution in [0.3, 0.4) is 0 Å². The first-order valence-electron chi connectivity index (χ1n) is 6.51. The third kappa shape index (κ3) is 2.65. The topological polar surface area (TPSA) is 36.3 Å². The molecule has 2 rings (SSSR count). The van der Waals surface area contributed by atoms with Gasteiger partial charge in [-0.25, -0.2) is 0 Å². The molecule has 0 aliphatic heterocycles. The Bertz CT molecular complexity index is 438. The van der Waals surface area contributed by atoms with E-state index in [1.54, 1.807) is 7.11 Å². The molecule has 1 saturated carbocycles. The van der Waals surface area contributed by atoms with Crippen LogP contribution in [0.2, 0.25) is 0 Å². The largest absolute Gasteiger partial charge is 0.381 e. The monoisotopic (exact) mass is 244 g/mol. The fourth-order valence-corrected chi connectivity index (χ4v) is 2.76. The van der Waals surface area contributed by atoms with Gasteiger partial charge in [0.2, 0.25) is 0 Å². The molecule has 0 aromatic heterocycles. The third-order valence-corrected chi connectivity index (χ3v) is 3.88. The molecule has 3 heteroatoms. The zero-order valence-electron chi connectivity index (χ0n) is 11.1. The van der Waals surface area contributed by atoms with Crippen LogP contribution in [0, 0.1) is 11.3 Å². The van der Waals surface area contributed by atoms with Crippen molar-refractivity contribution in [1.29, 1.82) is 5.26 Å². The van der Waals surface area contributed by atoms with Crippen LogP contribution in [0.4, 0.5) is 5.69 Å². The predicted molar refractivity (Wildman–Crippen MR) is 72.6 cm³/mol. The first-order valence-corrected chi connectivity index (χ1v) is 6.51. The predicted octanol–water partition coefficient (Wildman–Crippen LogP) is 2.95. The van der Waals surface area contributed by atoms with Crippen LogP contribution in [0.25, 0.3) is 0 Å². The van der Waals surface area contributed by atoms with Crippen LogP contribution < -0.4 is 4.90 Å². The highest BCUT2D eigenvalue weighted by molar-refractivity contribution is 5.59. The number of hydrogen-bond acceptors (Lipinski definition) is 3. The Balaban J connectivity index is 2.15. The molecule has 2 unspecified atom stereocenters. The molecule has 1 fully saturated rings. The van der Waals surface area contributed by atoms with Crippen LogP contribution in [0.1, 0.15) is 31.2 Å². The van der Waals surface area contributed by atoms with Gasteiger partial charge in [0.05, 0.1) is 17.4 Å². The Morgan fingerprint density at radius 3 is 2.83 bits per heavy atom. The molecule has 0 spiro atoms. The van der Waals surface area contributed by atoms with Crippen molar-refractivity contribution in [1.82, 2.24) is 0 Å². The molecule has 0 amide bonds. The summed E-state index contributed by atoms with van der Waals surface area (Å²) < 4.78 is 5.47. The zero-order valence-corrected chi connectivity index (χ0v) is 11.1. The Morgan fingerprint density at radius 1 is 1.33 bits per heavy atom. The molecule has 96 valence electrons. The molecule has 3 nitrogen and oxygen atoms in total. The summed E-state index contributed by atoms with van der Waals surface area (Å²) >= 11 is 0. The minimum atomic E-state index is 0.362. The molecule has 1 aromatic carbocycles. The van der Waals surface area contributed by atoms with E-state index in [4.69, 9.17) is 10.00 Å². The van der Waals surface area contributed by atoms with Crippen LogP contribution >= 0.6 is 0 Å². The van der Waals surface area contributed by atoms with Crippen molar-refractivity contribution < 1.29 is 4.74 Å². The fraction of sp³-hybridized carbons (Fsp3) is 0.533. The van der Waals surface area contributed by atoms with E-state index in [9.17, 15) is 0 Å². The number of nitrogens with zero attached hydrogens (tertiary/aromatic N) is 2. The molecule has 0 bridgehead atoms. The number of methoxy groups -OCH3 is 1. The minimum absolute atomic E-state index is 0.362. The second-order valence-corrected chi connectivity index (χ2v) is 4.92. The molecule has 0 N–H and O–H groups in total. The van der Waals surface area contributed by atoms with Crippen molar-refractivity contribution in [2.45, 2.75) is 37.8 Å². The summed E-state index contributed by atoms with van der Waals surface area (Å²) in [6.45, 7) is 0. The summed E-state index contributed by atoms with van der Waals surface area (Å²) in [6.07, 6.45) is 4.94. The first-order chi connectivity index (χ1) is 8.76. The molecular weight excluding hydrogens is 224 g/mol. The Kier molecular flexibility index (Phi) is 4.22. The second-order valence-electron chi connectivity index (χ2n) is 4.92. The van der Waals surface area contributed by atoms with Gasteiger partial charge in [-0.3, -0.25) is 0 Å². The maximum Gasteiger partial charge on any atom is 0.101 e. The van der Waals surface area contributed by atoms with Gasteiger partial charge in [-0.15, -0.1) is 0 Å². The highest BCUT2D eigenvalue weighted by Crippen LogP contribution is 2.29. The summed E-state index contributed by atoms with van der Waals surface area (Å²) in [4.78, 5) is 2.24. The van der Waals surface area contributed by atoms with E-state index in [2.05, 4.69) is 18.0 Å². The van der Waals surface area contributed by atoms with E-state index in [1.165, 1.54) is 12.8 Å². The van der Waals surface area contributed by atoms with Gasteiger partial charge in [-0.2, -0.15) is 5.26 Å². The van der Waals surface area contributed by atoms with Gasteiger partial charge in [0.15, 0.2) is 0 Å². The SMILES string of the molecule is COC1CCCC(N(C)c2ccccc2C#N)C1. The summed E-state index contributed by atoms with van der Waals surface area (Å²) in [5, 5.41) is 9.16. The van der Waals surface area contributed by atoms with E-state index in [-0.39, 0.29) is 0 Å². The molecule has 1 aliphatic carbocycles. The lowest BCUT2D eigenvalue weighted by atomic mass is 9.91. The first kappa shape index (κ1) is 12.9. The molecule has 0 heterocycles. The number of rotatable bonds is 3. The normalized spacial score (nSPS) is 23.4. The molecule has 1 aromatic rings. The quantitative estimate of drug-likeness (QED) is 0.820. The number of anilines is 1. The number of hydrogen-bond donors (Lipinski definition) is 0. The van der Waals surface area contributed by atoms with Crippen LogP contribution in [-0.2, 0) is 4.74 Å². The maximum absolute atomic E-state index is 9.16. The fourth-order valence-electron chi connectivity index (χ4n) is 2.76. The van der Waals surface area contributed by atoms with Crippen LogP contribution in [-0.4, -0.2) is 26.3 Å². The van der Waals surface area contributed by atoms with Crippen molar-refractivity contribution in [3.63, 3.8) is 0 Å². The van der Waals surface area contributed by atoms with E-state index in [0.717, 1.165) is 24.1 Å². The summed E-state index contributed by atoms with van der Waals surface area (Å²) in [5.41, 5.74) is 1.78. The molecule has 1 aliphatic rings. The van der Waals surface area contributed by atoms with Gasteiger partial charge in [0.25, 0.3) is 0 Å². The van der Waals surface area contributed by atoms with Gasteiger partial charge in [0, 0.05) is 20.2 Å². The van der Waals surface area contributed by atoms with Crippen molar-refractivity contribution >= 4 is 5.69 Å². The van der Waals surface area contributed by atoms with E-state index < -0.39 is 0 Å². The number of para-hydroxylation sites is 1. The van der Waals surface area contributed by atoms with Gasteiger partial charge in [-0.05, 0) is 37.8 Å². The zero-order chi connectivity index (χ0) is 13.0. The van der Waals surface area contributed by atoms with Gasteiger partial charge < -0.3 is 9.64 Å². The van der Waals surface area contributed by atoms with E-state index in [1.807, 2.05) is 24.3 Å². The highest BCUT2D eigenvalue weighted by atomic mass is 16.5. The Morgan fingerprint density at radius 2 is 2.11 bits per heavy atom. The maximum atomic E-state index is 9.16. The Hall–Kier alpha value is -1.53. The highest BCUT2D eigenvalue weighted by Gasteiger charge is 2.25. The van der Waals surface area contributed by atoms with Gasteiger partial charge in [-0.1, -0.05) is 12.1 Å². The summed E-state index contributed by atoms with van der Waals surface area (Å²) in [6, 6.07) is 10.5. The molecular formula is C15H20N2O. The smallest absolute Gasteiger partial charge is 0.101 e. The van der Waals surface area contributed by atoms with Crippen molar-refractivity contribution in [3.8, 4) is 6.07 Å². The number of benzene rings is 1. The van der Waals surface area contributed by atoms with Crippen molar-refractivity contribution in [3.05, 3.63) is 29.8 Å². The average molecular weight is 244 g/mol. The lowest BCUT2D eigenvalue weighted by molar-refractivity contribution is 0.0637.